The molecule has 0 atom stereocenters. The summed E-state index contributed by atoms with van der Waals surface area (Å²) in [5.41, 5.74) is 0.670. The Kier molecular flexibility index (Phi) is 6.39. The van der Waals surface area contributed by atoms with Crippen LogP contribution in [0.1, 0.15) is 42.9 Å². The minimum Gasteiger partial charge on any atom is -0.347 e. The fourth-order valence-electron chi connectivity index (χ4n) is 2.01. The first-order valence-corrected chi connectivity index (χ1v) is 7.60. The number of halogens is 3. The minimum absolute atomic E-state index is 0.0313. The van der Waals surface area contributed by atoms with Gasteiger partial charge in [0.1, 0.15) is 18.8 Å². The summed E-state index contributed by atoms with van der Waals surface area (Å²) in [4.78, 5) is 26.0. The number of aryl methyl sites for hydroxylation is 1. The third-order valence-corrected chi connectivity index (χ3v) is 3.39. The molecule has 0 unspecified atom stereocenters. The Labute approximate surface area is 139 Å². The van der Waals surface area contributed by atoms with Crippen molar-refractivity contribution < 1.29 is 22.8 Å². The molecule has 0 aliphatic rings. The Morgan fingerprint density at radius 2 is 1.88 bits per heavy atom. The summed E-state index contributed by atoms with van der Waals surface area (Å²) in [6.45, 7) is 3.70. The van der Waals surface area contributed by atoms with E-state index in [1.165, 1.54) is 24.8 Å². The lowest BCUT2D eigenvalue weighted by atomic mass is 10.1. The topological polar surface area (TPSA) is 58.4 Å². The molecule has 0 fully saturated rings. The van der Waals surface area contributed by atoms with Crippen molar-refractivity contribution >= 4 is 11.8 Å². The van der Waals surface area contributed by atoms with E-state index in [1.807, 2.05) is 13.8 Å². The van der Waals surface area contributed by atoms with Gasteiger partial charge in [0.15, 0.2) is 0 Å². The van der Waals surface area contributed by atoms with Crippen LogP contribution in [0.3, 0.4) is 0 Å². The number of rotatable bonds is 6. The minimum atomic E-state index is -4.60. The molecule has 9 heteroatoms. The second kappa shape index (κ2) is 7.67. The molecule has 6 nitrogen and oxygen atoms in total. The average molecular weight is 348 g/mol. The Balaban J connectivity index is 3.17. The van der Waals surface area contributed by atoms with E-state index in [1.54, 1.807) is 6.92 Å². The lowest BCUT2D eigenvalue weighted by molar-refractivity contribution is -0.146. The molecule has 1 aromatic heterocycles. The number of carbonyl (C=O) groups excluding carboxylic acids is 2. The summed E-state index contributed by atoms with van der Waals surface area (Å²) in [5, 5.41) is 4.23. The van der Waals surface area contributed by atoms with Crippen LogP contribution in [0, 0.1) is 0 Å². The van der Waals surface area contributed by atoms with Gasteiger partial charge in [-0.25, -0.2) is 0 Å². The molecule has 0 aliphatic carbocycles. The summed E-state index contributed by atoms with van der Waals surface area (Å²) in [6.07, 6.45) is -4.60. The summed E-state index contributed by atoms with van der Waals surface area (Å²) in [6, 6.07) is 1.49. The summed E-state index contributed by atoms with van der Waals surface area (Å²) in [5.74, 6) is -1.41. The highest BCUT2D eigenvalue weighted by atomic mass is 19.4. The molecule has 1 rings (SSSR count). The highest BCUT2D eigenvalue weighted by Gasteiger charge is 2.35. The fourth-order valence-corrected chi connectivity index (χ4v) is 2.01. The quantitative estimate of drug-likeness (QED) is 0.791. The molecule has 0 aromatic carbocycles. The van der Waals surface area contributed by atoms with Crippen LogP contribution < -0.4 is 0 Å². The number of likely N-dealkylation sites (N-methyl/N-ethyl adjacent to an activating group) is 1. The van der Waals surface area contributed by atoms with Crippen LogP contribution in [0.5, 0.6) is 0 Å². The highest BCUT2D eigenvalue weighted by molar-refractivity contribution is 5.95. The van der Waals surface area contributed by atoms with E-state index in [4.69, 9.17) is 0 Å². The van der Waals surface area contributed by atoms with E-state index >= 15 is 0 Å². The normalized spacial score (nSPS) is 11.7. The van der Waals surface area contributed by atoms with Crippen molar-refractivity contribution in [1.82, 2.24) is 19.6 Å². The van der Waals surface area contributed by atoms with Crippen LogP contribution in [0.2, 0.25) is 0 Å². The number of carbonyl (C=O) groups is 2. The van der Waals surface area contributed by atoms with Crippen LogP contribution in [0.15, 0.2) is 6.07 Å². The highest BCUT2D eigenvalue weighted by Crippen LogP contribution is 2.20. The Morgan fingerprint density at radius 1 is 1.29 bits per heavy atom. The van der Waals surface area contributed by atoms with Gasteiger partial charge in [-0.05, 0) is 18.9 Å². The van der Waals surface area contributed by atoms with Crippen LogP contribution in [0.25, 0.3) is 0 Å². The first-order chi connectivity index (χ1) is 11.0. The Morgan fingerprint density at radius 3 is 2.29 bits per heavy atom. The van der Waals surface area contributed by atoms with Gasteiger partial charge < -0.3 is 9.80 Å². The van der Waals surface area contributed by atoms with E-state index in [0.29, 0.717) is 17.1 Å². The first kappa shape index (κ1) is 20.0. The first-order valence-electron chi connectivity index (χ1n) is 7.60. The van der Waals surface area contributed by atoms with E-state index in [0.717, 1.165) is 4.90 Å². The van der Waals surface area contributed by atoms with Crippen LogP contribution in [-0.2, 0) is 11.3 Å². The standard InChI is InChI=1S/C15H23F3N4O2/c1-6-22-12(7-11(19-22)10(2)3)14(24)21(9-15(16,17)18)8-13(23)20(4)5/h7,10H,6,8-9H2,1-5H3. The summed E-state index contributed by atoms with van der Waals surface area (Å²) in [7, 11) is 2.84. The number of hydrogen-bond acceptors (Lipinski definition) is 3. The van der Waals surface area contributed by atoms with Gasteiger partial charge in [0.05, 0.1) is 5.69 Å². The molecule has 0 saturated heterocycles. The predicted molar refractivity (Wildman–Crippen MR) is 82.6 cm³/mol. The van der Waals surface area contributed by atoms with Crippen molar-refractivity contribution in [3.63, 3.8) is 0 Å². The predicted octanol–water partition coefficient (Wildman–Crippen LogP) is 2.12. The number of alkyl halides is 3. The largest absolute Gasteiger partial charge is 0.406 e. The van der Waals surface area contributed by atoms with Gasteiger partial charge in [-0.15, -0.1) is 0 Å². The van der Waals surface area contributed by atoms with Gasteiger partial charge in [-0.3, -0.25) is 14.3 Å². The molecule has 0 radical (unpaired) electrons. The van der Waals surface area contributed by atoms with Gasteiger partial charge in [-0.2, -0.15) is 18.3 Å². The summed E-state index contributed by atoms with van der Waals surface area (Å²) >= 11 is 0. The molecule has 0 spiro atoms. The maximum atomic E-state index is 12.8. The lowest BCUT2D eigenvalue weighted by Gasteiger charge is -2.25. The SMILES string of the molecule is CCn1nc(C(C)C)cc1C(=O)N(CC(=O)N(C)C)CC(F)(F)F. The number of amides is 2. The maximum Gasteiger partial charge on any atom is 0.406 e. The van der Waals surface area contributed by atoms with Gasteiger partial charge in [0.25, 0.3) is 5.91 Å². The molecule has 2 amide bonds. The molecule has 0 N–H and O–H groups in total. The van der Waals surface area contributed by atoms with Crippen molar-refractivity contribution in [2.45, 2.75) is 39.4 Å². The van der Waals surface area contributed by atoms with E-state index in [9.17, 15) is 22.8 Å². The van der Waals surface area contributed by atoms with Crippen LogP contribution in [0.4, 0.5) is 13.2 Å². The Hall–Kier alpha value is -2.06. The fraction of sp³-hybridized carbons (Fsp3) is 0.667. The third kappa shape index (κ3) is 5.24. The molecule has 1 heterocycles. The number of nitrogens with zero attached hydrogens (tertiary/aromatic N) is 4. The molecule has 136 valence electrons. The van der Waals surface area contributed by atoms with Crippen LogP contribution in [-0.4, -0.2) is 64.8 Å². The molecular weight excluding hydrogens is 325 g/mol. The van der Waals surface area contributed by atoms with E-state index in [2.05, 4.69) is 5.10 Å². The Bertz CT molecular complexity index is 594. The van der Waals surface area contributed by atoms with Gasteiger partial charge in [0, 0.05) is 20.6 Å². The molecule has 0 saturated carbocycles. The number of hydrogen-bond donors (Lipinski definition) is 0. The zero-order valence-electron chi connectivity index (χ0n) is 14.5. The van der Waals surface area contributed by atoms with Gasteiger partial charge in [0.2, 0.25) is 5.91 Å². The van der Waals surface area contributed by atoms with Crippen molar-refractivity contribution in [3.05, 3.63) is 17.5 Å². The molecular formula is C15H23F3N4O2. The van der Waals surface area contributed by atoms with E-state index in [-0.39, 0.29) is 11.6 Å². The smallest absolute Gasteiger partial charge is 0.347 e. The monoisotopic (exact) mass is 348 g/mol. The van der Waals surface area contributed by atoms with Crippen molar-refractivity contribution in [2.75, 3.05) is 27.2 Å². The van der Waals surface area contributed by atoms with Crippen LogP contribution >= 0.6 is 0 Å². The van der Waals surface area contributed by atoms with Gasteiger partial charge >= 0.3 is 6.18 Å². The zero-order valence-corrected chi connectivity index (χ0v) is 14.5. The molecule has 1 aromatic rings. The summed E-state index contributed by atoms with van der Waals surface area (Å²) < 4.78 is 39.8. The van der Waals surface area contributed by atoms with Crippen molar-refractivity contribution in [3.8, 4) is 0 Å². The number of aromatic nitrogens is 2. The zero-order chi connectivity index (χ0) is 18.7. The van der Waals surface area contributed by atoms with E-state index < -0.39 is 31.1 Å². The van der Waals surface area contributed by atoms with Crippen molar-refractivity contribution in [2.24, 2.45) is 0 Å². The molecule has 0 aliphatic heterocycles. The second-order valence-corrected chi connectivity index (χ2v) is 5.99. The maximum absolute atomic E-state index is 12.8. The lowest BCUT2D eigenvalue weighted by Crippen LogP contribution is -2.45. The third-order valence-electron chi connectivity index (χ3n) is 3.39. The van der Waals surface area contributed by atoms with Crippen molar-refractivity contribution in [1.29, 1.82) is 0 Å². The van der Waals surface area contributed by atoms with Gasteiger partial charge in [-0.1, -0.05) is 13.8 Å². The average Bonchev–Trinajstić information content (AvgIpc) is 2.88. The second-order valence-electron chi connectivity index (χ2n) is 5.99. The molecule has 0 bridgehead atoms. The molecule has 24 heavy (non-hydrogen) atoms.